The first kappa shape index (κ1) is 113. The molecule has 0 saturated heterocycles. The Morgan fingerprint density at radius 3 is 0.223 bits per heavy atom. The van der Waals surface area contributed by atoms with Crippen LogP contribution in [0.2, 0.25) is 0 Å². The zero-order valence-electron chi connectivity index (χ0n) is 80.0. The van der Waals surface area contributed by atoms with Crippen LogP contribution in [0.15, 0.2) is 0 Å². The normalized spacial score (nSPS) is 12.0. The molecule has 0 fully saturated rings. The molecule has 0 aliphatic carbocycles. The molecule has 0 aromatic carbocycles. The summed E-state index contributed by atoms with van der Waals surface area (Å²) in [5.41, 5.74) is 0. The fourth-order valence-corrected chi connectivity index (χ4v) is 23.9. The van der Waals surface area contributed by atoms with Gasteiger partial charge < -0.3 is 0 Å². The minimum absolute atomic E-state index is 1.37. The van der Waals surface area contributed by atoms with E-state index in [4.69, 9.17) is 0 Å². The second-order valence-corrected chi connectivity index (χ2v) is 42.0. The Morgan fingerprint density at radius 1 is 0.0893 bits per heavy atom. The molecule has 0 spiro atoms. The third-order valence-corrected chi connectivity index (χ3v) is 31.3. The molecule has 0 atom stereocenters. The van der Waals surface area contributed by atoms with E-state index in [9.17, 15) is 0 Å². The van der Waals surface area contributed by atoms with Crippen molar-refractivity contribution in [3.05, 3.63) is 0 Å². The Labute approximate surface area is 721 Å². The first-order valence-electron chi connectivity index (χ1n) is 54.8. The fourth-order valence-electron chi connectivity index (χ4n) is 18.6. The van der Waals surface area contributed by atoms with Crippen molar-refractivity contribution in [3.8, 4) is 0 Å². The molecule has 0 amide bonds. The molecule has 0 saturated carbocycles. The van der Waals surface area contributed by atoms with Gasteiger partial charge in [0, 0.05) is 0 Å². The molecular weight excluding hydrogens is 1390 g/mol. The van der Waals surface area contributed by atoms with Gasteiger partial charge in [0.15, 0.2) is 0 Å². The molecule has 3 nitrogen and oxygen atoms in total. The minimum Gasteiger partial charge on any atom is -0.0654 e. The van der Waals surface area contributed by atoms with E-state index in [0.717, 1.165) is 0 Å². The fraction of sp³-hybridized carbons (Fsp3) is 1.00. The van der Waals surface area contributed by atoms with Gasteiger partial charge in [0.1, 0.15) is 0 Å². The quantitative estimate of drug-likeness (QED) is 0.0444. The summed E-state index contributed by atoms with van der Waals surface area (Å²) in [6.07, 6.45) is 141. The van der Waals surface area contributed by atoms with Gasteiger partial charge in [0.2, 0.25) is 0 Å². The summed E-state index contributed by atoms with van der Waals surface area (Å²) in [7, 11) is 0. The van der Waals surface area contributed by atoms with Crippen LogP contribution in [0.5, 0.6) is 0 Å². The zero-order chi connectivity index (χ0) is 80.4. The van der Waals surface area contributed by atoms with Gasteiger partial charge in [0.25, 0.3) is 0 Å². The molecule has 0 rings (SSSR count). The maximum absolute atomic E-state index is 3.39. The number of hydrogen-bond donors (Lipinski definition) is 0. The van der Waals surface area contributed by atoms with E-state index in [0.29, 0.717) is 0 Å². The molecule has 0 unspecified atom stereocenters. The van der Waals surface area contributed by atoms with Crippen molar-refractivity contribution in [2.45, 2.75) is 658 Å². The van der Waals surface area contributed by atoms with Gasteiger partial charge in [-0.25, -0.2) is 0 Å². The summed E-state index contributed by atoms with van der Waals surface area (Å²) < 4.78 is 10.2. The first-order chi connectivity index (χ1) is 55.7. The summed E-state index contributed by atoms with van der Waals surface area (Å²) in [5, 5.41) is 0. The van der Waals surface area contributed by atoms with E-state index < -0.39 is 18.6 Å². The molecule has 0 aromatic heterocycles. The van der Waals surface area contributed by atoms with Crippen molar-refractivity contribution < 1.29 is 18.6 Å². The summed E-state index contributed by atoms with van der Waals surface area (Å²) >= 11 is -2.07. The van der Waals surface area contributed by atoms with Crippen LogP contribution in [-0.4, -0.2) is 49.4 Å². The predicted octanol–water partition coefficient (Wildman–Crippen LogP) is 39.8. The Kier molecular flexibility index (Phi) is 104. The molecule has 0 heterocycles. The average Bonchev–Trinajstić information content (AvgIpc) is 0.836. The Balaban J connectivity index is 6.82. The van der Waals surface area contributed by atoms with Crippen LogP contribution in [0.25, 0.3) is 0 Å². The van der Waals surface area contributed by atoms with E-state index in [1.165, 1.54) is 656 Å². The predicted molar refractivity (Wildman–Crippen MR) is 512 cm³/mol. The van der Waals surface area contributed by atoms with Gasteiger partial charge in [-0.3, -0.25) is 0 Å². The number of rotatable bonds is 105. The van der Waals surface area contributed by atoms with Crippen LogP contribution in [0.1, 0.15) is 658 Å². The third-order valence-electron chi connectivity index (χ3n) is 26.5. The number of nitrogens with zero attached hydrogens (tertiary/aromatic N) is 3. The third kappa shape index (κ3) is 91.3. The second kappa shape index (κ2) is 104. The molecule has 0 aromatic rings. The second-order valence-electron chi connectivity index (χ2n) is 38.1. The van der Waals surface area contributed by atoms with Crippen molar-refractivity contribution in [1.29, 1.82) is 0 Å². The topological polar surface area (TPSA) is 9.72 Å². The van der Waals surface area contributed by atoms with Crippen molar-refractivity contribution in [1.82, 2.24) is 10.1 Å². The summed E-state index contributed by atoms with van der Waals surface area (Å²) in [5.74, 6) is 0. The molecule has 673 valence electrons. The summed E-state index contributed by atoms with van der Waals surface area (Å²) in [6, 6.07) is 0. The van der Waals surface area contributed by atoms with Gasteiger partial charge >= 0.3 is 453 Å². The van der Waals surface area contributed by atoms with Crippen LogP contribution in [0.4, 0.5) is 0 Å². The summed E-state index contributed by atoms with van der Waals surface area (Å²) in [6.45, 7) is 22.5. The summed E-state index contributed by atoms with van der Waals surface area (Å²) in [4.78, 5) is 0. The monoisotopic (exact) mass is 1610 g/mol. The van der Waals surface area contributed by atoms with E-state index in [1.54, 1.807) is 0 Å². The molecular formula is C108H222N3Ti. The van der Waals surface area contributed by atoms with Crippen molar-refractivity contribution in [2.75, 3.05) is 39.3 Å². The molecule has 0 radical (unpaired) electrons. The van der Waals surface area contributed by atoms with E-state index >= 15 is 0 Å². The van der Waals surface area contributed by atoms with Crippen molar-refractivity contribution in [2.24, 2.45) is 0 Å². The van der Waals surface area contributed by atoms with E-state index in [2.05, 4.69) is 51.7 Å². The zero-order valence-corrected chi connectivity index (χ0v) is 81.5. The standard InChI is InChI=1S/3C36H74N.Ti/c3*1-3-5-7-9-11-13-15-17-19-21-23-25-27-29-31-33-35-37-36-34-32-30-28-26-24-22-20-18-16-14-12-10-8-6-4-2;/h3*3-36H2,1-2H3;/q3*-1;+3. The first-order valence-corrected chi connectivity index (χ1v) is 56.9. The van der Waals surface area contributed by atoms with Crippen LogP contribution < -0.4 is 0 Å². The molecule has 0 N–H and O–H groups in total. The van der Waals surface area contributed by atoms with E-state index in [1.807, 2.05) is 0 Å². The smallest absolute Gasteiger partial charge is 0.0654 e. The molecule has 112 heavy (non-hydrogen) atoms. The Morgan fingerprint density at radius 2 is 0.152 bits per heavy atom. The van der Waals surface area contributed by atoms with Crippen LogP contribution >= 0.6 is 0 Å². The molecule has 0 bridgehead atoms. The minimum atomic E-state index is -2.07. The molecule has 0 aliphatic rings. The Bertz CT molecular complexity index is 1300. The molecule has 4 heteroatoms. The maximum atomic E-state index is 3.39. The van der Waals surface area contributed by atoms with Gasteiger partial charge in [-0.2, -0.15) is 0 Å². The van der Waals surface area contributed by atoms with Crippen LogP contribution in [-0.2, 0) is 18.6 Å². The molecule has 0 aliphatic heterocycles. The van der Waals surface area contributed by atoms with Crippen LogP contribution in [0, 0.1) is 0 Å². The van der Waals surface area contributed by atoms with Gasteiger partial charge in [0.05, 0.1) is 0 Å². The number of unbranched alkanes of at least 4 members (excludes halogenated alkanes) is 90. The van der Waals surface area contributed by atoms with Crippen molar-refractivity contribution in [3.63, 3.8) is 0 Å². The van der Waals surface area contributed by atoms with Gasteiger partial charge in [-0.1, -0.05) is 273 Å². The van der Waals surface area contributed by atoms with Crippen LogP contribution in [0.3, 0.4) is 0 Å². The average molecular weight is 1610 g/mol. The van der Waals surface area contributed by atoms with E-state index in [-0.39, 0.29) is 0 Å². The van der Waals surface area contributed by atoms with Gasteiger partial charge in [-0.15, -0.1) is 0 Å². The van der Waals surface area contributed by atoms with Gasteiger partial charge in [-0.05, 0) is 0 Å². The SMILES string of the molecule is CCCCCCCCCCCCCCCCCC[N](CCCCCCCCCCCCCCCCCC)[Ti]([N](CCCCCCCCCCCCCCCCCC)CCCCCCCCCCCCCCCCCC)[N](CCCCCCCCCCCCCCCCCC)CCCCCCCCCCCCCCCCCC. The number of hydrogen-bond acceptors (Lipinski definition) is 3. The van der Waals surface area contributed by atoms with Crippen molar-refractivity contribution >= 4 is 0 Å². The Hall–Kier alpha value is 0.594.